The molecule has 1 heterocycles. The van der Waals surface area contributed by atoms with Crippen LogP contribution in [0.25, 0.3) is 0 Å². The second-order valence-corrected chi connectivity index (χ2v) is 1.92. The fourth-order valence-corrected chi connectivity index (χ4v) is 0.599. The van der Waals surface area contributed by atoms with Crippen molar-refractivity contribution >= 4 is 0 Å². The molecule has 1 rings (SSSR count). The molecule has 2 nitrogen and oxygen atoms in total. The molecule has 0 unspecified atom stereocenters. The summed E-state index contributed by atoms with van der Waals surface area (Å²) in [6, 6.07) is 0. The first-order valence-corrected chi connectivity index (χ1v) is 2.50. The maximum atomic E-state index is 11.9. The Morgan fingerprint density at radius 1 is 1.00 bits per heavy atom. The lowest BCUT2D eigenvalue weighted by Gasteiger charge is -2.27. The van der Waals surface area contributed by atoms with Crippen LogP contribution in [0.5, 0.6) is 0 Å². The van der Waals surface area contributed by atoms with Crippen molar-refractivity contribution in [2.75, 3.05) is 13.1 Å². The average molecular weight is 158 g/mol. The fraction of sp³-hybridized carbons (Fsp3) is 1.00. The molecule has 0 aromatic carbocycles. The van der Waals surface area contributed by atoms with Gasteiger partial charge in [-0.25, -0.2) is 5.32 Å². The van der Waals surface area contributed by atoms with E-state index < -0.39 is 25.3 Å². The lowest BCUT2D eigenvalue weighted by Crippen LogP contribution is -2.49. The van der Waals surface area contributed by atoms with E-state index in [2.05, 4.69) is 10.1 Å². The second kappa shape index (κ2) is 2.06. The minimum Gasteiger partial charge on any atom is -0.253 e. The molecule has 1 aliphatic rings. The van der Waals surface area contributed by atoms with Gasteiger partial charge in [-0.15, -0.1) is 0 Å². The Labute approximate surface area is 54.2 Å². The van der Waals surface area contributed by atoms with Crippen molar-refractivity contribution in [1.82, 2.24) is 5.32 Å². The summed E-state index contributed by atoms with van der Waals surface area (Å²) in [6.45, 7) is -1.97. The Balaban J connectivity index is 2.56. The van der Waals surface area contributed by atoms with E-state index in [0.29, 0.717) is 0 Å². The Morgan fingerprint density at radius 2 is 1.40 bits per heavy atom. The number of ether oxygens (including phenoxy) is 1. The smallest absolute Gasteiger partial charge is 0.253 e. The van der Waals surface area contributed by atoms with Crippen LogP contribution in [0.2, 0.25) is 0 Å². The van der Waals surface area contributed by atoms with Crippen LogP contribution < -0.4 is 5.32 Å². The van der Waals surface area contributed by atoms with Crippen molar-refractivity contribution in [2.24, 2.45) is 0 Å². The highest BCUT2D eigenvalue weighted by Crippen LogP contribution is 2.29. The van der Waals surface area contributed by atoms with Crippen LogP contribution in [-0.2, 0) is 4.74 Å². The molecular weight excluding hydrogens is 154 g/mol. The quantitative estimate of drug-likeness (QED) is 0.478. The molecule has 1 aliphatic heterocycles. The normalized spacial score (nSPS) is 30.0. The van der Waals surface area contributed by atoms with Crippen molar-refractivity contribution in [3.05, 3.63) is 0 Å². The van der Waals surface area contributed by atoms with E-state index in [1.165, 1.54) is 0 Å². The van der Waals surface area contributed by atoms with Gasteiger partial charge in [0.15, 0.2) is 0 Å². The standard InChI is InChI=1S/C4H4F4NO/c5-3(6)1-9-2-4(7,8)10-3/h1-2H2. The Morgan fingerprint density at radius 3 is 1.60 bits per heavy atom. The van der Waals surface area contributed by atoms with Crippen LogP contribution in [0.3, 0.4) is 0 Å². The molecule has 0 aliphatic carbocycles. The molecular formula is C4H4F4NO. The molecule has 0 atom stereocenters. The zero-order valence-corrected chi connectivity index (χ0v) is 4.78. The van der Waals surface area contributed by atoms with Gasteiger partial charge in [0.2, 0.25) is 0 Å². The highest BCUT2D eigenvalue weighted by Gasteiger charge is 2.48. The first-order valence-electron chi connectivity index (χ1n) is 2.50. The van der Waals surface area contributed by atoms with Gasteiger partial charge in [-0.2, -0.15) is 17.6 Å². The molecule has 0 bridgehead atoms. The fourth-order valence-electron chi connectivity index (χ4n) is 0.599. The number of hydrogen-bond donors (Lipinski definition) is 0. The molecule has 0 amide bonds. The predicted octanol–water partition coefficient (Wildman–Crippen LogP) is 0.807. The van der Waals surface area contributed by atoms with Crippen molar-refractivity contribution in [2.45, 2.75) is 12.2 Å². The summed E-state index contributed by atoms with van der Waals surface area (Å²) in [4.78, 5) is 0. The Bertz CT molecular complexity index is 123. The summed E-state index contributed by atoms with van der Waals surface area (Å²) in [7, 11) is 0. The van der Waals surface area contributed by atoms with Crippen LogP contribution in [0.1, 0.15) is 0 Å². The summed E-state index contributed by atoms with van der Waals surface area (Å²) in [6.07, 6.45) is -7.61. The summed E-state index contributed by atoms with van der Waals surface area (Å²) in [5, 5.41) is 2.86. The summed E-state index contributed by atoms with van der Waals surface area (Å²) >= 11 is 0. The molecule has 0 aromatic heterocycles. The summed E-state index contributed by atoms with van der Waals surface area (Å²) in [5.74, 6) is 0. The van der Waals surface area contributed by atoms with Gasteiger partial charge in [0.05, 0.1) is 0 Å². The van der Waals surface area contributed by atoms with Crippen molar-refractivity contribution in [3.8, 4) is 0 Å². The largest absolute Gasteiger partial charge is 0.374 e. The number of hydrogen-bond acceptors (Lipinski definition) is 1. The highest BCUT2D eigenvalue weighted by molar-refractivity contribution is 4.70. The van der Waals surface area contributed by atoms with Gasteiger partial charge < -0.3 is 0 Å². The van der Waals surface area contributed by atoms with Gasteiger partial charge in [-0.3, -0.25) is 4.74 Å². The monoisotopic (exact) mass is 158 g/mol. The van der Waals surface area contributed by atoms with Gasteiger partial charge in [0.1, 0.15) is 13.1 Å². The third-order valence-corrected chi connectivity index (χ3v) is 0.890. The molecule has 0 N–H and O–H groups in total. The first kappa shape index (κ1) is 7.74. The molecule has 0 aromatic rings. The molecule has 1 saturated heterocycles. The Kier molecular flexibility index (Phi) is 1.60. The molecule has 6 heteroatoms. The summed E-state index contributed by atoms with van der Waals surface area (Å²) < 4.78 is 50.7. The zero-order chi connectivity index (χ0) is 7.83. The number of halogens is 4. The van der Waals surface area contributed by atoms with Gasteiger partial charge in [-0.05, 0) is 0 Å². The number of alkyl halides is 4. The van der Waals surface area contributed by atoms with Crippen LogP contribution in [0, 0.1) is 0 Å². The van der Waals surface area contributed by atoms with Crippen LogP contribution in [0.4, 0.5) is 17.6 Å². The molecule has 1 radical (unpaired) electrons. The van der Waals surface area contributed by atoms with E-state index in [0.717, 1.165) is 0 Å². The van der Waals surface area contributed by atoms with E-state index in [1.807, 2.05) is 0 Å². The predicted molar refractivity (Wildman–Crippen MR) is 22.8 cm³/mol. The van der Waals surface area contributed by atoms with Crippen molar-refractivity contribution < 1.29 is 22.3 Å². The van der Waals surface area contributed by atoms with E-state index >= 15 is 0 Å². The van der Waals surface area contributed by atoms with Gasteiger partial charge in [0.25, 0.3) is 0 Å². The second-order valence-electron chi connectivity index (χ2n) is 1.92. The van der Waals surface area contributed by atoms with Gasteiger partial charge in [0, 0.05) is 0 Å². The number of morpholine rings is 1. The van der Waals surface area contributed by atoms with Gasteiger partial charge >= 0.3 is 12.2 Å². The van der Waals surface area contributed by atoms with E-state index in [1.54, 1.807) is 0 Å². The topological polar surface area (TPSA) is 23.3 Å². The highest BCUT2D eigenvalue weighted by atomic mass is 19.3. The third-order valence-electron chi connectivity index (χ3n) is 0.890. The number of nitrogens with zero attached hydrogens (tertiary/aromatic N) is 1. The van der Waals surface area contributed by atoms with Crippen LogP contribution in [-0.4, -0.2) is 25.3 Å². The van der Waals surface area contributed by atoms with Crippen LogP contribution in [0.15, 0.2) is 0 Å². The minimum atomic E-state index is -3.80. The zero-order valence-electron chi connectivity index (χ0n) is 4.78. The maximum Gasteiger partial charge on any atom is 0.374 e. The lowest BCUT2D eigenvalue weighted by atomic mass is 10.4. The molecule has 59 valence electrons. The molecule has 1 fully saturated rings. The van der Waals surface area contributed by atoms with Crippen molar-refractivity contribution in [1.29, 1.82) is 0 Å². The van der Waals surface area contributed by atoms with Gasteiger partial charge in [-0.1, -0.05) is 0 Å². The third kappa shape index (κ3) is 1.81. The molecule has 0 saturated carbocycles. The van der Waals surface area contributed by atoms with E-state index in [4.69, 9.17) is 0 Å². The van der Waals surface area contributed by atoms with Crippen LogP contribution >= 0.6 is 0 Å². The Hall–Kier alpha value is -0.360. The average Bonchev–Trinajstić information content (AvgIpc) is 1.56. The minimum absolute atomic E-state index is 0.984. The number of rotatable bonds is 0. The van der Waals surface area contributed by atoms with E-state index in [-0.39, 0.29) is 0 Å². The van der Waals surface area contributed by atoms with Crippen molar-refractivity contribution in [3.63, 3.8) is 0 Å². The first-order chi connectivity index (χ1) is 4.41. The SMILES string of the molecule is FC1(F)C[N]CC(F)(F)O1. The van der Waals surface area contributed by atoms with E-state index in [9.17, 15) is 17.6 Å². The summed E-state index contributed by atoms with van der Waals surface area (Å²) in [5.41, 5.74) is 0. The molecule has 10 heavy (non-hydrogen) atoms. The maximum absolute atomic E-state index is 11.9. The lowest BCUT2D eigenvalue weighted by molar-refractivity contribution is -0.386. The molecule has 0 spiro atoms.